The Labute approximate surface area is 86.0 Å². The monoisotopic (exact) mass is 193 g/mol. The van der Waals surface area contributed by atoms with Gasteiger partial charge in [0.05, 0.1) is 12.1 Å². The molecule has 1 rings (SSSR count). The molecule has 0 aliphatic heterocycles. The highest BCUT2D eigenvalue weighted by atomic mass is 16.3. The second kappa shape index (κ2) is 4.11. The van der Waals surface area contributed by atoms with E-state index in [-0.39, 0.29) is 12.1 Å². The minimum absolute atomic E-state index is 0.103. The zero-order valence-corrected chi connectivity index (χ0v) is 9.39. The summed E-state index contributed by atoms with van der Waals surface area (Å²) < 4.78 is 0. The summed E-state index contributed by atoms with van der Waals surface area (Å²) in [5.41, 5.74) is 3.34. The van der Waals surface area contributed by atoms with Crippen molar-refractivity contribution in [3.8, 4) is 0 Å². The largest absolute Gasteiger partial charge is 0.394 e. The topological polar surface area (TPSA) is 32.3 Å². The normalized spacial score (nSPS) is 15.2. The molecule has 0 aliphatic rings. The number of nitrogens with one attached hydrogen (secondary N) is 1. The van der Waals surface area contributed by atoms with Crippen molar-refractivity contribution in [2.75, 3.05) is 13.7 Å². The van der Waals surface area contributed by atoms with Crippen molar-refractivity contribution in [1.82, 2.24) is 5.32 Å². The Morgan fingerprint density at radius 3 is 2.36 bits per heavy atom. The molecule has 0 aromatic heterocycles. The highest BCUT2D eigenvalue weighted by Gasteiger charge is 2.23. The zero-order chi connectivity index (χ0) is 10.8. The Balaban J connectivity index is 3.12. The molecule has 0 amide bonds. The highest BCUT2D eigenvalue weighted by Crippen LogP contribution is 2.21. The van der Waals surface area contributed by atoms with E-state index in [0.717, 1.165) is 5.56 Å². The molecule has 14 heavy (non-hydrogen) atoms. The van der Waals surface area contributed by atoms with E-state index in [1.165, 1.54) is 11.1 Å². The Morgan fingerprint density at radius 1 is 1.29 bits per heavy atom. The van der Waals surface area contributed by atoms with Gasteiger partial charge in [0.1, 0.15) is 0 Å². The van der Waals surface area contributed by atoms with Crippen LogP contribution in [-0.4, -0.2) is 18.8 Å². The minimum atomic E-state index is -0.335. The molecule has 0 radical (unpaired) electrons. The van der Waals surface area contributed by atoms with Crippen LogP contribution >= 0.6 is 0 Å². The van der Waals surface area contributed by atoms with Crippen molar-refractivity contribution in [1.29, 1.82) is 0 Å². The first-order chi connectivity index (χ1) is 6.53. The van der Waals surface area contributed by atoms with Gasteiger partial charge in [0.15, 0.2) is 0 Å². The molecule has 0 saturated carbocycles. The van der Waals surface area contributed by atoms with Crippen LogP contribution in [0, 0.1) is 13.8 Å². The first kappa shape index (κ1) is 11.2. The number of aliphatic hydroxyl groups is 1. The molecule has 1 aromatic carbocycles. The van der Waals surface area contributed by atoms with Gasteiger partial charge in [-0.1, -0.05) is 18.2 Å². The predicted molar refractivity (Wildman–Crippen MR) is 59.4 cm³/mol. The maximum absolute atomic E-state index is 9.34. The summed E-state index contributed by atoms with van der Waals surface area (Å²) in [6.45, 7) is 6.28. The summed E-state index contributed by atoms with van der Waals surface area (Å²) >= 11 is 0. The van der Waals surface area contributed by atoms with Crippen molar-refractivity contribution in [2.45, 2.75) is 26.3 Å². The van der Waals surface area contributed by atoms with Gasteiger partial charge in [0, 0.05) is 0 Å². The fourth-order valence-electron chi connectivity index (χ4n) is 1.40. The van der Waals surface area contributed by atoms with Gasteiger partial charge in [-0.15, -0.1) is 0 Å². The van der Waals surface area contributed by atoms with E-state index < -0.39 is 0 Å². The summed E-state index contributed by atoms with van der Waals surface area (Å²) in [4.78, 5) is 0. The van der Waals surface area contributed by atoms with Crippen molar-refractivity contribution in [3.63, 3.8) is 0 Å². The lowest BCUT2D eigenvalue weighted by atomic mass is 9.91. The molecular formula is C12H19NO. The molecule has 1 unspecified atom stereocenters. The predicted octanol–water partition coefficient (Wildman–Crippen LogP) is 1.73. The molecule has 0 aliphatic carbocycles. The average molecular weight is 193 g/mol. The Bertz CT molecular complexity index is 316. The second-order valence-electron chi connectivity index (χ2n) is 4.04. The highest BCUT2D eigenvalue weighted by molar-refractivity contribution is 5.33. The van der Waals surface area contributed by atoms with Crippen LogP contribution in [0.1, 0.15) is 23.6 Å². The summed E-state index contributed by atoms with van der Waals surface area (Å²) in [5.74, 6) is 0. The molecule has 0 saturated heterocycles. The Morgan fingerprint density at radius 2 is 1.93 bits per heavy atom. The summed E-state index contributed by atoms with van der Waals surface area (Å²) in [6.07, 6.45) is 0. The summed E-state index contributed by atoms with van der Waals surface area (Å²) in [6, 6.07) is 6.28. The van der Waals surface area contributed by atoms with Crippen LogP contribution in [-0.2, 0) is 5.54 Å². The molecule has 1 atom stereocenters. The number of hydrogen-bond acceptors (Lipinski definition) is 2. The lowest BCUT2D eigenvalue weighted by molar-refractivity contribution is 0.183. The second-order valence-corrected chi connectivity index (χ2v) is 4.04. The van der Waals surface area contributed by atoms with Crippen LogP contribution in [0.15, 0.2) is 18.2 Å². The van der Waals surface area contributed by atoms with Crippen molar-refractivity contribution >= 4 is 0 Å². The van der Waals surface area contributed by atoms with E-state index in [4.69, 9.17) is 0 Å². The molecule has 0 fully saturated rings. The fraction of sp³-hybridized carbons (Fsp3) is 0.500. The maximum Gasteiger partial charge on any atom is 0.0652 e. The van der Waals surface area contributed by atoms with Gasteiger partial charge >= 0.3 is 0 Å². The van der Waals surface area contributed by atoms with Crippen molar-refractivity contribution < 1.29 is 5.11 Å². The molecule has 2 heteroatoms. The van der Waals surface area contributed by atoms with Gasteiger partial charge in [-0.05, 0) is 44.5 Å². The maximum atomic E-state index is 9.34. The molecule has 0 heterocycles. The summed E-state index contributed by atoms with van der Waals surface area (Å²) in [5, 5.41) is 12.5. The van der Waals surface area contributed by atoms with Gasteiger partial charge in [-0.2, -0.15) is 0 Å². The number of aryl methyl sites for hydroxylation is 2. The number of likely N-dealkylation sites (N-methyl/N-ethyl adjacent to an activating group) is 1. The zero-order valence-electron chi connectivity index (χ0n) is 9.39. The van der Waals surface area contributed by atoms with Gasteiger partial charge in [0.25, 0.3) is 0 Å². The summed E-state index contributed by atoms with van der Waals surface area (Å²) in [7, 11) is 1.87. The molecule has 0 bridgehead atoms. The van der Waals surface area contributed by atoms with E-state index in [2.05, 4.69) is 37.4 Å². The minimum Gasteiger partial charge on any atom is -0.394 e. The van der Waals surface area contributed by atoms with Crippen molar-refractivity contribution in [3.05, 3.63) is 34.9 Å². The van der Waals surface area contributed by atoms with E-state index in [1.807, 2.05) is 14.0 Å². The average Bonchev–Trinajstić information content (AvgIpc) is 2.21. The molecule has 0 spiro atoms. The molecule has 1 aromatic rings. The molecule has 78 valence electrons. The van der Waals surface area contributed by atoms with Crippen LogP contribution in [0.2, 0.25) is 0 Å². The quantitative estimate of drug-likeness (QED) is 0.766. The van der Waals surface area contributed by atoms with E-state index >= 15 is 0 Å². The Hall–Kier alpha value is -0.860. The van der Waals surface area contributed by atoms with Crippen LogP contribution in [0.25, 0.3) is 0 Å². The van der Waals surface area contributed by atoms with E-state index in [0.29, 0.717) is 0 Å². The lowest BCUT2D eigenvalue weighted by Gasteiger charge is -2.28. The van der Waals surface area contributed by atoms with Crippen LogP contribution in [0.3, 0.4) is 0 Å². The van der Waals surface area contributed by atoms with Gasteiger partial charge in [-0.25, -0.2) is 0 Å². The third-order valence-corrected chi connectivity index (χ3v) is 3.01. The number of hydrogen-bond donors (Lipinski definition) is 2. The standard InChI is InChI=1S/C12H19NO/c1-9-5-6-11(7-10(9)2)12(3,8-14)13-4/h5-7,13-14H,8H2,1-4H3. The fourth-order valence-corrected chi connectivity index (χ4v) is 1.40. The number of aliphatic hydroxyl groups excluding tert-OH is 1. The number of rotatable bonds is 3. The molecular weight excluding hydrogens is 174 g/mol. The smallest absolute Gasteiger partial charge is 0.0652 e. The van der Waals surface area contributed by atoms with Gasteiger partial charge in [0.2, 0.25) is 0 Å². The SMILES string of the molecule is CNC(C)(CO)c1ccc(C)c(C)c1. The van der Waals surface area contributed by atoms with Gasteiger partial charge in [-0.3, -0.25) is 0 Å². The number of benzene rings is 1. The third-order valence-electron chi connectivity index (χ3n) is 3.01. The van der Waals surface area contributed by atoms with Crippen LogP contribution < -0.4 is 5.32 Å². The molecule has 2 nitrogen and oxygen atoms in total. The van der Waals surface area contributed by atoms with Gasteiger partial charge < -0.3 is 10.4 Å². The lowest BCUT2D eigenvalue weighted by Crippen LogP contribution is -2.40. The van der Waals surface area contributed by atoms with E-state index in [1.54, 1.807) is 0 Å². The van der Waals surface area contributed by atoms with Crippen LogP contribution in [0.5, 0.6) is 0 Å². The third kappa shape index (κ3) is 1.97. The Kier molecular flexibility index (Phi) is 3.29. The first-order valence-corrected chi connectivity index (χ1v) is 4.91. The molecule has 2 N–H and O–H groups in total. The van der Waals surface area contributed by atoms with Crippen molar-refractivity contribution in [2.24, 2.45) is 0 Å². The van der Waals surface area contributed by atoms with E-state index in [9.17, 15) is 5.11 Å². The van der Waals surface area contributed by atoms with Crippen LogP contribution in [0.4, 0.5) is 0 Å². The first-order valence-electron chi connectivity index (χ1n) is 4.91.